The van der Waals surface area contributed by atoms with E-state index in [1.165, 1.54) is 16.4 Å². The summed E-state index contributed by atoms with van der Waals surface area (Å²) < 4.78 is 38.9. The fourth-order valence-electron chi connectivity index (χ4n) is 2.20. The number of carboxylic acid groups (broad SMARTS) is 1. The topological polar surface area (TPSA) is 77.9 Å². The second kappa shape index (κ2) is 6.50. The van der Waals surface area contributed by atoms with Crippen molar-refractivity contribution in [1.82, 2.24) is 9.21 Å². The predicted molar refractivity (Wildman–Crippen MR) is 73.9 cm³/mol. The Morgan fingerprint density at radius 1 is 1.14 bits per heavy atom. The predicted octanol–water partition coefficient (Wildman–Crippen LogP) is 0.607. The first-order valence-electron chi connectivity index (χ1n) is 6.59. The van der Waals surface area contributed by atoms with Crippen LogP contribution in [0.2, 0.25) is 0 Å². The van der Waals surface area contributed by atoms with Crippen LogP contribution in [0.5, 0.6) is 0 Å². The first-order chi connectivity index (χ1) is 9.89. The maximum absolute atomic E-state index is 12.9. The van der Waals surface area contributed by atoms with E-state index in [1.54, 1.807) is 0 Å². The summed E-state index contributed by atoms with van der Waals surface area (Å²) >= 11 is 0. The summed E-state index contributed by atoms with van der Waals surface area (Å²) in [6.45, 7) is 2.01. The number of carbonyl (C=O) groups is 1. The smallest absolute Gasteiger partial charge is 0.304 e. The molecule has 1 aliphatic heterocycles. The van der Waals surface area contributed by atoms with Crippen LogP contribution in [0, 0.1) is 5.82 Å². The van der Waals surface area contributed by atoms with E-state index in [9.17, 15) is 17.6 Å². The van der Waals surface area contributed by atoms with Gasteiger partial charge in [0.25, 0.3) is 0 Å². The first kappa shape index (κ1) is 15.9. The number of sulfonamides is 1. The Hall–Kier alpha value is -1.51. The molecule has 0 atom stereocenters. The van der Waals surface area contributed by atoms with Gasteiger partial charge in [-0.2, -0.15) is 4.31 Å². The fourth-order valence-corrected chi connectivity index (χ4v) is 3.63. The Labute approximate surface area is 122 Å². The van der Waals surface area contributed by atoms with Crippen molar-refractivity contribution in [3.05, 3.63) is 30.1 Å². The van der Waals surface area contributed by atoms with Crippen LogP contribution in [0.15, 0.2) is 29.2 Å². The van der Waals surface area contributed by atoms with E-state index in [-0.39, 0.29) is 11.3 Å². The molecule has 2 rings (SSSR count). The van der Waals surface area contributed by atoms with Crippen molar-refractivity contribution < 1.29 is 22.7 Å². The lowest BCUT2D eigenvalue weighted by Crippen LogP contribution is -2.48. The van der Waals surface area contributed by atoms with Crippen molar-refractivity contribution in [2.45, 2.75) is 11.3 Å². The van der Waals surface area contributed by atoms with Gasteiger partial charge in [0, 0.05) is 32.7 Å². The van der Waals surface area contributed by atoms with E-state index in [4.69, 9.17) is 5.11 Å². The van der Waals surface area contributed by atoms with Crippen molar-refractivity contribution >= 4 is 16.0 Å². The van der Waals surface area contributed by atoms with Gasteiger partial charge in [0.15, 0.2) is 0 Å². The second-order valence-corrected chi connectivity index (χ2v) is 6.78. The maximum Gasteiger partial charge on any atom is 0.304 e. The molecule has 0 aromatic heterocycles. The van der Waals surface area contributed by atoms with Gasteiger partial charge in [-0.15, -0.1) is 0 Å². The van der Waals surface area contributed by atoms with E-state index in [1.807, 2.05) is 4.90 Å². The van der Waals surface area contributed by atoms with E-state index in [0.29, 0.717) is 32.7 Å². The molecule has 0 spiro atoms. The molecule has 1 aromatic rings. The third-order valence-corrected chi connectivity index (χ3v) is 5.34. The molecule has 1 heterocycles. The SMILES string of the molecule is O=C(O)CCN1CCN(S(=O)(=O)c2ccc(F)cc2)CC1. The largest absolute Gasteiger partial charge is 0.481 e. The molecule has 21 heavy (non-hydrogen) atoms. The summed E-state index contributed by atoms with van der Waals surface area (Å²) in [6, 6.07) is 4.74. The first-order valence-corrected chi connectivity index (χ1v) is 8.03. The highest BCUT2D eigenvalue weighted by molar-refractivity contribution is 7.89. The highest BCUT2D eigenvalue weighted by Gasteiger charge is 2.28. The molecule has 0 saturated carbocycles. The van der Waals surface area contributed by atoms with Crippen LogP contribution in [-0.4, -0.2) is 61.4 Å². The number of hydrogen-bond donors (Lipinski definition) is 1. The number of carboxylic acids is 1. The number of rotatable bonds is 5. The molecule has 1 fully saturated rings. The normalized spacial score (nSPS) is 17.8. The Bertz CT molecular complexity index is 595. The molecule has 1 aliphatic rings. The van der Waals surface area contributed by atoms with Crippen LogP contribution in [0.1, 0.15) is 6.42 Å². The molecule has 8 heteroatoms. The van der Waals surface area contributed by atoms with Gasteiger partial charge in [-0.05, 0) is 24.3 Å². The minimum Gasteiger partial charge on any atom is -0.481 e. The minimum absolute atomic E-state index is 0.0463. The maximum atomic E-state index is 12.9. The van der Waals surface area contributed by atoms with E-state index in [2.05, 4.69) is 0 Å². The van der Waals surface area contributed by atoms with Crippen LogP contribution >= 0.6 is 0 Å². The third-order valence-electron chi connectivity index (χ3n) is 3.42. The Morgan fingerprint density at radius 3 is 2.24 bits per heavy atom. The number of hydrogen-bond acceptors (Lipinski definition) is 4. The van der Waals surface area contributed by atoms with Gasteiger partial charge in [-0.1, -0.05) is 0 Å². The highest BCUT2D eigenvalue weighted by Crippen LogP contribution is 2.18. The van der Waals surface area contributed by atoms with Crippen molar-refractivity contribution in [2.24, 2.45) is 0 Å². The molecular weight excluding hydrogens is 299 g/mol. The van der Waals surface area contributed by atoms with Gasteiger partial charge in [0.2, 0.25) is 10.0 Å². The molecule has 116 valence electrons. The van der Waals surface area contributed by atoms with Crippen molar-refractivity contribution in [3.63, 3.8) is 0 Å². The number of piperazine rings is 1. The Morgan fingerprint density at radius 2 is 1.71 bits per heavy atom. The average Bonchev–Trinajstić information content (AvgIpc) is 2.46. The van der Waals surface area contributed by atoms with Gasteiger partial charge in [0.1, 0.15) is 5.82 Å². The van der Waals surface area contributed by atoms with Crippen molar-refractivity contribution in [1.29, 1.82) is 0 Å². The molecule has 0 aliphatic carbocycles. The van der Waals surface area contributed by atoms with Crippen LogP contribution in [0.25, 0.3) is 0 Å². The van der Waals surface area contributed by atoms with Gasteiger partial charge < -0.3 is 10.0 Å². The zero-order chi connectivity index (χ0) is 15.5. The van der Waals surface area contributed by atoms with E-state index >= 15 is 0 Å². The lowest BCUT2D eigenvalue weighted by atomic mass is 10.3. The van der Waals surface area contributed by atoms with Crippen LogP contribution in [0.3, 0.4) is 0 Å². The molecule has 0 amide bonds. The van der Waals surface area contributed by atoms with Crippen molar-refractivity contribution in [2.75, 3.05) is 32.7 Å². The van der Waals surface area contributed by atoms with E-state index in [0.717, 1.165) is 12.1 Å². The number of nitrogens with zero attached hydrogens (tertiary/aromatic N) is 2. The summed E-state index contributed by atoms with van der Waals surface area (Å²) in [7, 11) is -3.61. The van der Waals surface area contributed by atoms with Crippen molar-refractivity contribution in [3.8, 4) is 0 Å². The van der Waals surface area contributed by atoms with Gasteiger partial charge in [-0.25, -0.2) is 12.8 Å². The van der Waals surface area contributed by atoms with Crippen LogP contribution in [-0.2, 0) is 14.8 Å². The number of benzene rings is 1. The minimum atomic E-state index is -3.61. The summed E-state index contributed by atoms with van der Waals surface area (Å²) in [5, 5.41) is 8.63. The number of aliphatic carboxylic acids is 1. The summed E-state index contributed by atoms with van der Waals surface area (Å²) in [5.41, 5.74) is 0. The summed E-state index contributed by atoms with van der Waals surface area (Å²) in [4.78, 5) is 12.5. The zero-order valence-electron chi connectivity index (χ0n) is 11.4. The van der Waals surface area contributed by atoms with Crippen LogP contribution in [0.4, 0.5) is 4.39 Å². The average molecular weight is 316 g/mol. The van der Waals surface area contributed by atoms with Gasteiger partial charge in [-0.3, -0.25) is 4.79 Å². The van der Waals surface area contributed by atoms with Crippen LogP contribution < -0.4 is 0 Å². The molecule has 1 aromatic carbocycles. The van der Waals surface area contributed by atoms with Gasteiger partial charge in [0.05, 0.1) is 11.3 Å². The summed E-state index contributed by atoms with van der Waals surface area (Å²) in [5.74, 6) is -1.34. The lowest BCUT2D eigenvalue weighted by Gasteiger charge is -2.33. The molecular formula is C13H17FN2O4S. The highest BCUT2D eigenvalue weighted by atomic mass is 32.2. The summed E-state index contributed by atoms with van der Waals surface area (Å²) in [6.07, 6.45) is 0.0463. The van der Waals surface area contributed by atoms with E-state index < -0.39 is 21.8 Å². The third kappa shape index (κ3) is 3.99. The number of halogens is 1. The zero-order valence-corrected chi connectivity index (χ0v) is 12.2. The second-order valence-electron chi connectivity index (χ2n) is 4.84. The van der Waals surface area contributed by atoms with Gasteiger partial charge >= 0.3 is 5.97 Å². The molecule has 0 unspecified atom stereocenters. The molecule has 0 bridgehead atoms. The lowest BCUT2D eigenvalue weighted by molar-refractivity contribution is -0.137. The fraction of sp³-hybridized carbons (Fsp3) is 0.462. The standard InChI is InChI=1S/C13H17FN2O4S/c14-11-1-3-12(4-2-11)21(19,20)16-9-7-15(8-10-16)6-5-13(17)18/h1-4H,5-10H2,(H,17,18). The molecule has 6 nitrogen and oxygen atoms in total. The molecule has 0 radical (unpaired) electrons. The quantitative estimate of drug-likeness (QED) is 0.861. The Kier molecular flexibility index (Phi) is 4.92. The molecule has 1 N–H and O–H groups in total. The monoisotopic (exact) mass is 316 g/mol. The molecule has 1 saturated heterocycles. The Balaban J connectivity index is 1.97.